The van der Waals surface area contributed by atoms with E-state index >= 15 is 0 Å². The van der Waals surface area contributed by atoms with Crippen molar-refractivity contribution in [1.29, 1.82) is 0 Å². The molecule has 2 aromatic rings. The summed E-state index contributed by atoms with van der Waals surface area (Å²) in [6.45, 7) is 1.97. The SMILES string of the molecule is N[C@@H]1CCCN([C@H]2CCc3ccccc3[C@@H]2Oc2cccc(F)c2)C1. The lowest BCUT2D eigenvalue weighted by molar-refractivity contribution is 0.0366. The normalized spacial score (nSPS) is 26.9. The summed E-state index contributed by atoms with van der Waals surface area (Å²) in [6, 6.07) is 15.4. The molecule has 2 aliphatic rings. The summed E-state index contributed by atoms with van der Waals surface area (Å²) in [5.41, 5.74) is 8.77. The number of piperidine rings is 1. The summed E-state index contributed by atoms with van der Waals surface area (Å²) in [5.74, 6) is 0.325. The number of benzene rings is 2. The van der Waals surface area contributed by atoms with E-state index in [4.69, 9.17) is 10.5 Å². The number of fused-ring (bicyclic) bond motifs is 1. The Balaban J connectivity index is 1.65. The molecular weight excluding hydrogens is 315 g/mol. The number of rotatable bonds is 3. The van der Waals surface area contributed by atoms with Crippen molar-refractivity contribution in [2.24, 2.45) is 5.73 Å². The van der Waals surface area contributed by atoms with E-state index in [-0.39, 0.29) is 24.0 Å². The predicted octanol–water partition coefficient (Wildman–Crippen LogP) is 3.68. The predicted molar refractivity (Wildman–Crippen MR) is 97.1 cm³/mol. The topological polar surface area (TPSA) is 38.5 Å². The first kappa shape index (κ1) is 16.6. The minimum Gasteiger partial charge on any atom is -0.484 e. The van der Waals surface area contributed by atoms with Crippen molar-refractivity contribution in [3.63, 3.8) is 0 Å². The first-order valence-corrected chi connectivity index (χ1v) is 9.20. The van der Waals surface area contributed by atoms with Crippen LogP contribution in [0.2, 0.25) is 0 Å². The number of halogens is 1. The van der Waals surface area contributed by atoms with Crippen molar-refractivity contribution in [1.82, 2.24) is 4.90 Å². The molecule has 0 bridgehead atoms. The van der Waals surface area contributed by atoms with Crippen LogP contribution in [-0.2, 0) is 6.42 Å². The Kier molecular flexibility index (Phi) is 4.73. The molecule has 2 N–H and O–H groups in total. The molecule has 2 aromatic carbocycles. The molecular formula is C21H25FN2O. The van der Waals surface area contributed by atoms with Gasteiger partial charge < -0.3 is 10.5 Å². The minimum absolute atomic E-state index is 0.0861. The molecule has 0 amide bonds. The molecule has 132 valence electrons. The quantitative estimate of drug-likeness (QED) is 0.926. The lowest BCUT2D eigenvalue weighted by atomic mass is 9.84. The van der Waals surface area contributed by atoms with Gasteiger partial charge in [0, 0.05) is 18.7 Å². The lowest BCUT2D eigenvalue weighted by Gasteiger charge is -2.43. The van der Waals surface area contributed by atoms with Crippen LogP contribution >= 0.6 is 0 Å². The maximum Gasteiger partial charge on any atom is 0.139 e. The molecule has 1 heterocycles. The van der Waals surface area contributed by atoms with Crippen LogP contribution in [-0.4, -0.2) is 30.1 Å². The summed E-state index contributed by atoms with van der Waals surface area (Å²) < 4.78 is 20.0. The Hall–Kier alpha value is -1.91. The average Bonchev–Trinajstić information content (AvgIpc) is 2.62. The smallest absolute Gasteiger partial charge is 0.139 e. The first-order chi connectivity index (χ1) is 12.2. The molecule has 1 saturated heterocycles. The maximum absolute atomic E-state index is 13.6. The number of likely N-dealkylation sites (tertiary alicyclic amines) is 1. The standard InChI is InChI=1S/C21H25FN2O/c22-16-6-3-8-18(13-16)25-21-19-9-2-1-5-15(19)10-11-20(21)24-12-4-7-17(23)14-24/h1-3,5-6,8-9,13,17,20-21H,4,7,10-12,14,23H2/t17-,20+,21+/m1/s1. The van der Waals surface area contributed by atoms with Gasteiger partial charge in [0.1, 0.15) is 17.7 Å². The third-order valence-corrected chi connectivity index (χ3v) is 5.44. The molecule has 0 saturated carbocycles. The summed E-state index contributed by atoms with van der Waals surface area (Å²) in [7, 11) is 0. The Morgan fingerprint density at radius 1 is 1.08 bits per heavy atom. The molecule has 0 aromatic heterocycles. The summed E-state index contributed by atoms with van der Waals surface area (Å²) in [5, 5.41) is 0. The van der Waals surface area contributed by atoms with Gasteiger partial charge in [-0.1, -0.05) is 30.3 Å². The second-order valence-corrected chi connectivity index (χ2v) is 7.20. The van der Waals surface area contributed by atoms with Crippen LogP contribution in [0.4, 0.5) is 4.39 Å². The van der Waals surface area contributed by atoms with Gasteiger partial charge in [0.15, 0.2) is 0 Å². The molecule has 0 radical (unpaired) electrons. The molecule has 3 nitrogen and oxygen atoms in total. The van der Waals surface area contributed by atoms with Gasteiger partial charge in [-0.25, -0.2) is 4.39 Å². The summed E-state index contributed by atoms with van der Waals surface area (Å²) in [4.78, 5) is 2.48. The molecule has 4 rings (SSSR count). The minimum atomic E-state index is -0.266. The number of hydrogen-bond donors (Lipinski definition) is 1. The highest BCUT2D eigenvalue weighted by atomic mass is 19.1. The van der Waals surface area contributed by atoms with E-state index in [0.717, 1.165) is 38.8 Å². The molecule has 1 fully saturated rings. The van der Waals surface area contributed by atoms with E-state index in [1.165, 1.54) is 23.3 Å². The first-order valence-electron chi connectivity index (χ1n) is 9.20. The number of ether oxygens (including phenoxy) is 1. The van der Waals surface area contributed by atoms with Crippen molar-refractivity contribution in [2.75, 3.05) is 13.1 Å². The molecule has 1 aliphatic carbocycles. The maximum atomic E-state index is 13.6. The van der Waals surface area contributed by atoms with Crippen molar-refractivity contribution < 1.29 is 9.13 Å². The van der Waals surface area contributed by atoms with Crippen molar-refractivity contribution in [2.45, 2.75) is 43.9 Å². The third-order valence-electron chi connectivity index (χ3n) is 5.44. The third kappa shape index (κ3) is 3.55. The van der Waals surface area contributed by atoms with Crippen molar-refractivity contribution in [3.8, 4) is 5.75 Å². The van der Waals surface area contributed by atoms with Crippen LogP contribution in [0.5, 0.6) is 5.75 Å². The fourth-order valence-electron chi connectivity index (χ4n) is 4.25. The monoisotopic (exact) mass is 340 g/mol. The molecule has 1 aliphatic heterocycles. The van der Waals surface area contributed by atoms with E-state index in [9.17, 15) is 4.39 Å². The van der Waals surface area contributed by atoms with Crippen LogP contribution < -0.4 is 10.5 Å². The molecule has 0 spiro atoms. The Bertz CT molecular complexity index is 735. The summed E-state index contributed by atoms with van der Waals surface area (Å²) in [6.07, 6.45) is 4.23. The summed E-state index contributed by atoms with van der Waals surface area (Å²) >= 11 is 0. The van der Waals surface area contributed by atoms with Crippen molar-refractivity contribution in [3.05, 3.63) is 65.5 Å². The number of aryl methyl sites for hydroxylation is 1. The van der Waals surface area contributed by atoms with Crippen LogP contribution in [0.25, 0.3) is 0 Å². The zero-order valence-corrected chi connectivity index (χ0v) is 14.4. The lowest BCUT2D eigenvalue weighted by Crippen LogP contribution is -2.51. The van der Waals surface area contributed by atoms with Gasteiger partial charge in [-0.2, -0.15) is 0 Å². The van der Waals surface area contributed by atoms with Gasteiger partial charge in [-0.15, -0.1) is 0 Å². The van der Waals surface area contributed by atoms with Gasteiger partial charge in [0.2, 0.25) is 0 Å². The number of nitrogens with two attached hydrogens (primary N) is 1. The van der Waals surface area contributed by atoms with E-state index in [0.29, 0.717) is 5.75 Å². The van der Waals surface area contributed by atoms with E-state index < -0.39 is 0 Å². The van der Waals surface area contributed by atoms with E-state index in [1.807, 2.05) is 6.07 Å². The van der Waals surface area contributed by atoms with Crippen LogP contribution in [0.3, 0.4) is 0 Å². The van der Waals surface area contributed by atoms with Gasteiger partial charge in [0.25, 0.3) is 0 Å². The number of hydrogen-bond acceptors (Lipinski definition) is 3. The average molecular weight is 340 g/mol. The Labute approximate surface area is 148 Å². The van der Waals surface area contributed by atoms with Gasteiger partial charge in [-0.3, -0.25) is 4.90 Å². The van der Waals surface area contributed by atoms with Crippen LogP contribution in [0.1, 0.15) is 36.5 Å². The van der Waals surface area contributed by atoms with Crippen LogP contribution in [0, 0.1) is 5.82 Å². The highest BCUT2D eigenvalue weighted by molar-refractivity contribution is 5.35. The molecule has 25 heavy (non-hydrogen) atoms. The van der Waals surface area contributed by atoms with Gasteiger partial charge in [-0.05, 0) is 55.5 Å². The van der Waals surface area contributed by atoms with Gasteiger partial charge >= 0.3 is 0 Å². The number of nitrogens with zero attached hydrogens (tertiary/aromatic N) is 1. The van der Waals surface area contributed by atoms with Crippen molar-refractivity contribution >= 4 is 0 Å². The molecule has 0 unspecified atom stereocenters. The van der Waals surface area contributed by atoms with E-state index in [1.54, 1.807) is 6.07 Å². The van der Waals surface area contributed by atoms with Crippen LogP contribution in [0.15, 0.2) is 48.5 Å². The Morgan fingerprint density at radius 3 is 2.80 bits per heavy atom. The van der Waals surface area contributed by atoms with E-state index in [2.05, 4.69) is 29.2 Å². The second kappa shape index (κ2) is 7.14. The highest BCUT2D eigenvalue weighted by Gasteiger charge is 2.36. The zero-order chi connectivity index (χ0) is 17.2. The fourth-order valence-corrected chi connectivity index (χ4v) is 4.25. The van der Waals surface area contributed by atoms with Gasteiger partial charge in [0.05, 0.1) is 6.04 Å². The molecule has 4 heteroatoms. The highest BCUT2D eigenvalue weighted by Crippen LogP contribution is 2.37. The zero-order valence-electron chi connectivity index (χ0n) is 14.4. The Morgan fingerprint density at radius 2 is 1.96 bits per heavy atom. The molecule has 3 atom stereocenters. The largest absolute Gasteiger partial charge is 0.484 e. The fraction of sp³-hybridized carbons (Fsp3) is 0.429. The second-order valence-electron chi connectivity index (χ2n) is 7.20.